The summed E-state index contributed by atoms with van der Waals surface area (Å²) in [5, 5.41) is 3.40. The fourth-order valence-electron chi connectivity index (χ4n) is 1.98. The van der Waals surface area contributed by atoms with Gasteiger partial charge in [0.25, 0.3) is 5.91 Å². The minimum absolute atomic E-state index is 0.103. The minimum atomic E-state index is -0.103. The van der Waals surface area contributed by atoms with Gasteiger partial charge in [-0.3, -0.25) is 4.79 Å². The second-order valence-electron chi connectivity index (χ2n) is 5.85. The largest absolute Gasteiger partial charge is 0.493 e. The lowest BCUT2D eigenvalue weighted by atomic mass is 10.1. The molecule has 0 saturated heterocycles. The van der Waals surface area contributed by atoms with Gasteiger partial charge in [-0.1, -0.05) is 25.4 Å². The van der Waals surface area contributed by atoms with Crippen molar-refractivity contribution in [1.82, 2.24) is 10.2 Å². The molecule has 0 aliphatic carbocycles. The zero-order valence-corrected chi connectivity index (χ0v) is 15.4. The first-order chi connectivity index (χ1) is 10.9. The van der Waals surface area contributed by atoms with E-state index in [1.54, 1.807) is 31.2 Å². The molecule has 0 unspecified atom stereocenters. The Morgan fingerprint density at radius 2 is 2.09 bits per heavy atom. The molecule has 0 radical (unpaired) electrons. The average molecular weight is 343 g/mol. The molecular formula is C17H27ClN2O3. The molecule has 23 heavy (non-hydrogen) atoms. The highest BCUT2D eigenvalue weighted by Crippen LogP contribution is 2.36. The van der Waals surface area contributed by atoms with Crippen LogP contribution >= 0.6 is 11.6 Å². The van der Waals surface area contributed by atoms with Gasteiger partial charge in [0, 0.05) is 25.7 Å². The van der Waals surface area contributed by atoms with Gasteiger partial charge in [-0.05, 0) is 31.5 Å². The summed E-state index contributed by atoms with van der Waals surface area (Å²) >= 11 is 6.29. The van der Waals surface area contributed by atoms with Crippen molar-refractivity contribution in [1.29, 1.82) is 0 Å². The Morgan fingerprint density at radius 3 is 2.65 bits per heavy atom. The zero-order valence-electron chi connectivity index (χ0n) is 14.6. The van der Waals surface area contributed by atoms with Gasteiger partial charge in [-0.2, -0.15) is 0 Å². The summed E-state index contributed by atoms with van der Waals surface area (Å²) in [7, 11) is 5.15. The number of nitrogens with one attached hydrogen (secondary N) is 1. The highest BCUT2D eigenvalue weighted by molar-refractivity contribution is 6.32. The third kappa shape index (κ3) is 5.92. The normalized spacial score (nSPS) is 10.7. The molecule has 130 valence electrons. The number of methoxy groups -OCH3 is 1. The van der Waals surface area contributed by atoms with E-state index in [2.05, 4.69) is 19.2 Å². The number of carbonyl (C=O) groups excluding carboxylic acids is 1. The Bertz CT molecular complexity index is 521. The number of ether oxygens (including phenoxy) is 2. The summed E-state index contributed by atoms with van der Waals surface area (Å²) in [6.07, 6.45) is 0.924. The molecule has 0 atom stereocenters. The van der Waals surface area contributed by atoms with E-state index in [0.29, 0.717) is 41.2 Å². The molecule has 6 heteroatoms. The molecule has 1 aromatic rings. The maximum Gasteiger partial charge on any atom is 0.253 e. The minimum Gasteiger partial charge on any atom is -0.493 e. The number of carbonyl (C=O) groups is 1. The summed E-state index contributed by atoms with van der Waals surface area (Å²) in [5.74, 6) is 1.41. The van der Waals surface area contributed by atoms with Crippen molar-refractivity contribution < 1.29 is 14.3 Å². The van der Waals surface area contributed by atoms with Gasteiger partial charge in [0.1, 0.15) is 0 Å². The van der Waals surface area contributed by atoms with Crippen LogP contribution in [0.3, 0.4) is 0 Å². The van der Waals surface area contributed by atoms with E-state index >= 15 is 0 Å². The smallest absolute Gasteiger partial charge is 0.253 e. The van der Waals surface area contributed by atoms with E-state index in [1.165, 1.54) is 0 Å². The number of hydrogen-bond donors (Lipinski definition) is 1. The van der Waals surface area contributed by atoms with Crippen LogP contribution in [0.2, 0.25) is 5.02 Å². The van der Waals surface area contributed by atoms with E-state index in [-0.39, 0.29) is 5.91 Å². The first-order valence-electron chi connectivity index (χ1n) is 7.81. The van der Waals surface area contributed by atoms with Gasteiger partial charge in [0.05, 0.1) is 18.7 Å². The van der Waals surface area contributed by atoms with E-state index < -0.39 is 0 Å². The van der Waals surface area contributed by atoms with Gasteiger partial charge in [0.2, 0.25) is 0 Å². The molecule has 5 nitrogen and oxygen atoms in total. The van der Waals surface area contributed by atoms with Crippen LogP contribution in [-0.4, -0.2) is 51.7 Å². The molecular weight excluding hydrogens is 316 g/mol. The molecule has 1 rings (SSSR count). The third-order valence-electron chi connectivity index (χ3n) is 3.46. The second kappa shape index (κ2) is 9.63. The average Bonchev–Trinajstić information content (AvgIpc) is 2.52. The quantitative estimate of drug-likeness (QED) is 0.749. The molecule has 1 N–H and O–H groups in total. The number of benzene rings is 1. The molecule has 0 heterocycles. The van der Waals surface area contributed by atoms with E-state index in [0.717, 1.165) is 13.0 Å². The van der Waals surface area contributed by atoms with Crippen molar-refractivity contribution in [2.45, 2.75) is 20.3 Å². The lowest BCUT2D eigenvalue weighted by Gasteiger charge is -2.19. The monoisotopic (exact) mass is 342 g/mol. The topological polar surface area (TPSA) is 50.8 Å². The van der Waals surface area contributed by atoms with E-state index in [1.807, 2.05) is 7.05 Å². The van der Waals surface area contributed by atoms with Crippen molar-refractivity contribution in [2.75, 3.05) is 40.9 Å². The molecule has 0 bridgehead atoms. The molecule has 1 amide bonds. The van der Waals surface area contributed by atoms with Crippen molar-refractivity contribution in [3.8, 4) is 11.5 Å². The fraction of sp³-hybridized carbons (Fsp3) is 0.588. The molecule has 0 aliphatic rings. The van der Waals surface area contributed by atoms with Gasteiger partial charge in [-0.15, -0.1) is 0 Å². The fourth-order valence-corrected chi connectivity index (χ4v) is 2.25. The maximum atomic E-state index is 12.4. The Kier molecular flexibility index (Phi) is 8.20. The molecule has 0 aromatic heterocycles. The van der Waals surface area contributed by atoms with Crippen LogP contribution in [0.5, 0.6) is 11.5 Å². The van der Waals surface area contributed by atoms with Crippen LogP contribution in [0.1, 0.15) is 30.6 Å². The van der Waals surface area contributed by atoms with Crippen molar-refractivity contribution in [3.05, 3.63) is 22.7 Å². The van der Waals surface area contributed by atoms with Gasteiger partial charge < -0.3 is 19.7 Å². The Morgan fingerprint density at radius 1 is 1.39 bits per heavy atom. The van der Waals surface area contributed by atoms with E-state index in [4.69, 9.17) is 21.1 Å². The number of halogens is 1. The number of amides is 1. The molecule has 1 aromatic carbocycles. The van der Waals surface area contributed by atoms with Crippen LogP contribution < -0.4 is 14.8 Å². The number of rotatable bonds is 9. The summed E-state index contributed by atoms with van der Waals surface area (Å²) in [6.45, 7) is 6.16. The van der Waals surface area contributed by atoms with Gasteiger partial charge in [-0.25, -0.2) is 0 Å². The van der Waals surface area contributed by atoms with E-state index in [9.17, 15) is 4.79 Å². The van der Waals surface area contributed by atoms with Crippen LogP contribution in [0.25, 0.3) is 0 Å². The Balaban J connectivity index is 2.92. The molecule has 0 aliphatic heterocycles. The van der Waals surface area contributed by atoms with Crippen molar-refractivity contribution >= 4 is 17.5 Å². The van der Waals surface area contributed by atoms with Crippen LogP contribution in [0, 0.1) is 5.92 Å². The lowest BCUT2D eigenvalue weighted by molar-refractivity contribution is 0.0796. The van der Waals surface area contributed by atoms with Crippen molar-refractivity contribution in [2.24, 2.45) is 5.92 Å². The van der Waals surface area contributed by atoms with Crippen molar-refractivity contribution in [3.63, 3.8) is 0 Å². The highest BCUT2D eigenvalue weighted by Gasteiger charge is 2.18. The zero-order chi connectivity index (χ0) is 17.4. The van der Waals surface area contributed by atoms with Crippen LogP contribution in [-0.2, 0) is 0 Å². The third-order valence-corrected chi connectivity index (χ3v) is 3.74. The summed E-state index contributed by atoms with van der Waals surface area (Å²) in [5.41, 5.74) is 0.488. The summed E-state index contributed by atoms with van der Waals surface area (Å²) in [6, 6.07) is 3.31. The summed E-state index contributed by atoms with van der Waals surface area (Å²) in [4.78, 5) is 14.1. The standard InChI is InChI=1S/C17H27ClN2O3/c1-12(2)6-9-23-16-14(18)10-13(11-15(16)22-5)17(21)20(4)8-7-19-3/h10-12,19H,6-9H2,1-5H3. The molecule has 0 spiro atoms. The van der Waals surface area contributed by atoms with Gasteiger partial charge in [0.15, 0.2) is 11.5 Å². The molecule has 0 saturated carbocycles. The number of nitrogens with zero attached hydrogens (tertiary/aromatic N) is 1. The van der Waals surface area contributed by atoms with Crippen LogP contribution in [0.15, 0.2) is 12.1 Å². The predicted molar refractivity (Wildman–Crippen MR) is 93.8 cm³/mol. The maximum absolute atomic E-state index is 12.4. The van der Waals surface area contributed by atoms with Crippen LogP contribution in [0.4, 0.5) is 0 Å². The van der Waals surface area contributed by atoms with Gasteiger partial charge >= 0.3 is 0 Å². The highest BCUT2D eigenvalue weighted by atomic mass is 35.5. The predicted octanol–water partition coefficient (Wildman–Crippen LogP) is 3.06. The number of hydrogen-bond acceptors (Lipinski definition) is 4. The SMILES string of the molecule is CNCCN(C)C(=O)c1cc(Cl)c(OCCC(C)C)c(OC)c1. The summed E-state index contributed by atoms with van der Waals surface area (Å²) < 4.78 is 11.1. The Labute approximate surface area is 143 Å². The number of likely N-dealkylation sites (N-methyl/N-ethyl adjacent to an activating group) is 2. The first-order valence-corrected chi connectivity index (χ1v) is 8.18. The second-order valence-corrected chi connectivity index (χ2v) is 6.26. The lowest BCUT2D eigenvalue weighted by Crippen LogP contribution is -2.32. The Hall–Kier alpha value is -1.46. The first kappa shape index (κ1) is 19.6. The molecule has 0 fully saturated rings.